The lowest BCUT2D eigenvalue weighted by molar-refractivity contribution is 0.0862. The number of aromatic nitrogens is 2. The average Bonchev–Trinajstić information content (AvgIpc) is 2.95. The zero-order valence-corrected chi connectivity index (χ0v) is 15.0. The molecule has 0 radical (unpaired) electrons. The molecule has 6 heteroatoms. The number of carbonyl (C=O) groups excluding carboxylic acids is 1. The van der Waals surface area contributed by atoms with Gasteiger partial charge in [0.2, 0.25) is 0 Å². The minimum absolute atomic E-state index is 0.189. The van der Waals surface area contributed by atoms with Crippen molar-refractivity contribution in [2.45, 2.75) is 31.8 Å². The number of rotatable bonds is 6. The van der Waals surface area contributed by atoms with Crippen molar-refractivity contribution in [3.63, 3.8) is 0 Å². The number of amides is 1. The number of aliphatic hydroxyl groups is 1. The lowest BCUT2D eigenvalue weighted by atomic mass is 10.1. The topological polar surface area (TPSA) is 78.4 Å². The van der Waals surface area contributed by atoms with E-state index in [1.807, 2.05) is 12.1 Å². The Bertz CT molecular complexity index is 700. The second kappa shape index (κ2) is 9.40. The maximum atomic E-state index is 12.4. The first-order valence-corrected chi connectivity index (χ1v) is 9.27. The summed E-state index contributed by atoms with van der Waals surface area (Å²) < 4.78 is 0. The molecule has 2 aromatic rings. The first-order valence-electron chi connectivity index (χ1n) is 9.27. The lowest BCUT2D eigenvalue weighted by Crippen LogP contribution is -2.40. The van der Waals surface area contributed by atoms with E-state index >= 15 is 0 Å². The fourth-order valence-corrected chi connectivity index (χ4v) is 3.26. The molecule has 1 aromatic heterocycles. The van der Waals surface area contributed by atoms with Crippen molar-refractivity contribution < 1.29 is 9.90 Å². The van der Waals surface area contributed by atoms with Crippen LogP contribution < -0.4 is 5.32 Å². The molecule has 1 saturated heterocycles. The fourth-order valence-electron chi connectivity index (χ4n) is 3.26. The second-order valence-corrected chi connectivity index (χ2v) is 6.75. The van der Waals surface area contributed by atoms with Gasteiger partial charge < -0.3 is 15.3 Å². The van der Waals surface area contributed by atoms with Crippen molar-refractivity contribution in [2.24, 2.45) is 0 Å². The summed E-state index contributed by atoms with van der Waals surface area (Å²) >= 11 is 0. The molecule has 26 heavy (non-hydrogen) atoms. The van der Waals surface area contributed by atoms with Crippen LogP contribution in [-0.4, -0.2) is 58.2 Å². The Morgan fingerprint density at radius 2 is 2.00 bits per heavy atom. The standard InChI is InChI=1S/C20H26N4O2/c25-18(15-24-10-3-1-2-4-11-24)13-23-20(26)17-7-5-6-16(12-17)19-14-21-8-9-22-19/h5-9,12,14,18,25H,1-4,10-11,13,15H2,(H,23,26)/t18-/m0/s1. The van der Waals surface area contributed by atoms with Crippen LogP contribution in [0.25, 0.3) is 11.3 Å². The van der Waals surface area contributed by atoms with E-state index in [9.17, 15) is 9.90 Å². The number of β-amino-alcohol motifs (C(OH)–C–C–N with tert-alkyl or cyclic N) is 1. The third-order valence-corrected chi connectivity index (χ3v) is 4.65. The summed E-state index contributed by atoms with van der Waals surface area (Å²) in [6, 6.07) is 7.28. The Hall–Kier alpha value is -2.31. The van der Waals surface area contributed by atoms with Crippen LogP contribution >= 0.6 is 0 Å². The van der Waals surface area contributed by atoms with E-state index in [1.54, 1.807) is 30.7 Å². The summed E-state index contributed by atoms with van der Waals surface area (Å²) in [6.45, 7) is 2.93. The molecule has 0 saturated carbocycles. The van der Waals surface area contributed by atoms with E-state index < -0.39 is 6.10 Å². The molecule has 1 aromatic carbocycles. The zero-order chi connectivity index (χ0) is 18.2. The van der Waals surface area contributed by atoms with Crippen LogP contribution in [0.4, 0.5) is 0 Å². The molecule has 2 heterocycles. The van der Waals surface area contributed by atoms with Gasteiger partial charge >= 0.3 is 0 Å². The molecule has 138 valence electrons. The van der Waals surface area contributed by atoms with Crippen LogP contribution in [0.2, 0.25) is 0 Å². The largest absolute Gasteiger partial charge is 0.390 e. The number of nitrogens with one attached hydrogen (secondary N) is 1. The third kappa shape index (κ3) is 5.34. The molecule has 0 unspecified atom stereocenters. The summed E-state index contributed by atoms with van der Waals surface area (Å²) in [5, 5.41) is 13.1. The number of hydrogen-bond acceptors (Lipinski definition) is 5. The lowest BCUT2D eigenvalue weighted by Gasteiger charge is -2.23. The minimum atomic E-state index is -0.555. The normalized spacial score (nSPS) is 16.7. The molecule has 6 nitrogen and oxygen atoms in total. The van der Waals surface area contributed by atoms with Crippen molar-refractivity contribution in [2.75, 3.05) is 26.2 Å². The fraction of sp³-hybridized carbons (Fsp3) is 0.450. The van der Waals surface area contributed by atoms with Gasteiger partial charge in [-0.3, -0.25) is 14.8 Å². The molecule has 1 aliphatic heterocycles. The zero-order valence-electron chi connectivity index (χ0n) is 15.0. The van der Waals surface area contributed by atoms with Gasteiger partial charge in [-0.05, 0) is 38.1 Å². The highest BCUT2D eigenvalue weighted by atomic mass is 16.3. The van der Waals surface area contributed by atoms with E-state index in [-0.39, 0.29) is 12.5 Å². The molecule has 1 aliphatic rings. The summed E-state index contributed by atoms with van der Waals surface area (Å²) in [5.74, 6) is -0.189. The molecular formula is C20H26N4O2. The number of nitrogens with zero attached hydrogens (tertiary/aromatic N) is 3. The molecule has 1 amide bonds. The van der Waals surface area contributed by atoms with Crippen molar-refractivity contribution in [3.05, 3.63) is 48.4 Å². The second-order valence-electron chi connectivity index (χ2n) is 6.75. The van der Waals surface area contributed by atoms with E-state index in [4.69, 9.17) is 0 Å². The molecule has 1 fully saturated rings. The van der Waals surface area contributed by atoms with Crippen molar-refractivity contribution in [1.82, 2.24) is 20.2 Å². The number of benzene rings is 1. The van der Waals surface area contributed by atoms with Crippen molar-refractivity contribution in [1.29, 1.82) is 0 Å². The van der Waals surface area contributed by atoms with Gasteiger partial charge in [0.05, 0.1) is 18.0 Å². The Balaban J connectivity index is 1.53. The van der Waals surface area contributed by atoms with Gasteiger partial charge in [-0.15, -0.1) is 0 Å². The van der Waals surface area contributed by atoms with Crippen LogP contribution in [0.3, 0.4) is 0 Å². The Morgan fingerprint density at radius 1 is 1.19 bits per heavy atom. The van der Waals surface area contributed by atoms with E-state index in [1.165, 1.54) is 25.7 Å². The monoisotopic (exact) mass is 354 g/mol. The number of aliphatic hydroxyl groups excluding tert-OH is 1. The number of hydrogen-bond donors (Lipinski definition) is 2. The van der Waals surface area contributed by atoms with Crippen LogP contribution in [0, 0.1) is 0 Å². The first-order chi connectivity index (χ1) is 12.7. The van der Waals surface area contributed by atoms with Crippen molar-refractivity contribution >= 4 is 5.91 Å². The predicted molar refractivity (Wildman–Crippen MR) is 101 cm³/mol. The quantitative estimate of drug-likeness (QED) is 0.831. The minimum Gasteiger partial charge on any atom is -0.390 e. The molecule has 0 bridgehead atoms. The molecule has 1 atom stereocenters. The Labute approximate surface area is 154 Å². The van der Waals surface area contributed by atoms with Gasteiger partial charge in [-0.25, -0.2) is 0 Å². The van der Waals surface area contributed by atoms with Crippen LogP contribution in [-0.2, 0) is 0 Å². The summed E-state index contributed by atoms with van der Waals surface area (Å²) in [5.41, 5.74) is 2.12. The Morgan fingerprint density at radius 3 is 2.73 bits per heavy atom. The summed E-state index contributed by atoms with van der Waals surface area (Å²) in [7, 11) is 0. The third-order valence-electron chi connectivity index (χ3n) is 4.65. The number of likely N-dealkylation sites (tertiary alicyclic amines) is 1. The average molecular weight is 354 g/mol. The van der Waals surface area contributed by atoms with Gasteiger partial charge in [-0.1, -0.05) is 25.0 Å². The highest BCUT2D eigenvalue weighted by Crippen LogP contribution is 2.17. The highest BCUT2D eigenvalue weighted by molar-refractivity contribution is 5.95. The van der Waals surface area contributed by atoms with E-state index in [0.29, 0.717) is 12.1 Å². The first kappa shape index (κ1) is 18.5. The molecule has 2 N–H and O–H groups in total. The molecule has 3 rings (SSSR count). The SMILES string of the molecule is O=C(NC[C@H](O)CN1CCCCCC1)c1cccc(-c2cnccn2)c1. The Kier molecular flexibility index (Phi) is 6.68. The van der Waals surface area contributed by atoms with E-state index in [2.05, 4.69) is 20.2 Å². The predicted octanol–water partition coefficient (Wildman–Crippen LogP) is 2.11. The van der Waals surface area contributed by atoms with Gasteiger partial charge in [-0.2, -0.15) is 0 Å². The van der Waals surface area contributed by atoms with Gasteiger partial charge in [0.15, 0.2) is 0 Å². The maximum Gasteiger partial charge on any atom is 0.251 e. The van der Waals surface area contributed by atoms with Gasteiger partial charge in [0.25, 0.3) is 5.91 Å². The van der Waals surface area contributed by atoms with Crippen molar-refractivity contribution in [3.8, 4) is 11.3 Å². The van der Waals surface area contributed by atoms with Crippen LogP contribution in [0.1, 0.15) is 36.0 Å². The summed E-state index contributed by atoms with van der Waals surface area (Å²) in [6.07, 6.45) is 9.27. The van der Waals surface area contributed by atoms with E-state index in [0.717, 1.165) is 24.3 Å². The van der Waals surface area contributed by atoms with Crippen LogP contribution in [0.5, 0.6) is 0 Å². The maximum absolute atomic E-state index is 12.4. The van der Waals surface area contributed by atoms with Crippen LogP contribution in [0.15, 0.2) is 42.9 Å². The number of carbonyl (C=O) groups is 1. The summed E-state index contributed by atoms with van der Waals surface area (Å²) in [4.78, 5) is 23.0. The molecular weight excluding hydrogens is 328 g/mol. The highest BCUT2D eigenvalue weighted by Gasteiger charge is 2.15. The molecule has 0 spiro atoms. The molecule has 0 aliphatic carbocycles. The van der Waals surface area contributed by atoms with Gasteiger partial charge in [0.1, 0.15) is 0 Å². The smallest absolute Gasteiger partial charge is 0.251 e. The van der Waals surface area contributed by atoms with Gasteiger partial charge in [0, 0.05) is 36.6 Å².